The Labute approximate surface area is 138 Å². The molecule has 1 aromatic heterocycles. The zero-order valence-electron chi connectivity index (χ0n) is 13.3. The van der Waals surface area contributed by atoms with Crippen LogP contribution in [0.4, 0.5) is 5.82 Å². The quantitative estimate of drug-likeness (QED) is 0.799. The van der Waals surface area contributed by atoms with Gasteiger partial charge in [0.15, 0.2) is 5.11 Å². The van der Waals surface area contributed by atoms with Gasteiger partial charge in [-0.25, -0.2) is 4.98 Å². The lowest BCUT2D eigenvalue weighted by Crippen LogP contribution is -2.33. The molecule has 2 N–H and O–H groups in total. The number of aryl methyl sites for hydroxylation is 1. The van der Waals surface area contributed by atoms with Gasteiger partial charge in [0, 0.05) is 6.20 Å². The van der Waals surface area contributed by atoms with Crippen LogP contribution in [0, 0.1) is 12.8 Å². The second-order valence-electron chi connectivity index (χ2n) is 5.86. The van der Waals surface area contributed by atoms with Crippen LogP contribution < -0.4 is 10.6 Å². The third-order valence-electron chi connectivity index (χ3n) is 3.46. The van der Waals surface area contributed by atoms with E-state index >= 15 is 0 Å². The first-order valence-corrected chi connectivity index (χ1v) is 8.01. The second-order valence-corrected chi connectivity index (χ2v) is 6.27. The lowest BCUT2D eigenvalue weighted by atomic mass is 9.97. The third-order valence-corrected chi connectivity index (χ3v) is 3.68. The van der Waals surface area contributed by atoms with E-state index in [-0.39, 0.29) is 6.04 Å². The zero-order chi connectivity index (χ0) is 15.9. The van der Waals surface area contributed by atoms with E-state index in [1.54, 1.807) is 6.20 Å². The molecule has 2 rings (SSSR count). The van der Waals surface area contributed by atoms with E-state index in [1.807, 2.05) is 25.1 Å². The Balaban J connectivity index is 2.07. The largest absolute Gasteiger partial charge is 0.356 e. The van der Waals surface area contributed by atoms with Crippen molar-refractivity contribution in [1.29, 1.82) is 0 Å². The Morgan fingerprint density at radius 1 is 1.14 bits per heavy atom. The number of aromatic nitrogens is 1. The van der Waals surface area contributed by atoms with Crippen LogP contribution >= 0.6 is 12.2 Å². The molecular weight excluding hydrogens is 290 g/mol. The van der Waals surface area contributed by atoms with Crippen LogP contribution in [0.1, 0.15) is 37.4 Å². The molecule has 1 heterocycles. The summed E-state index contributed by atoms with van der Waals surface area (Å²) in [7, 11) is 0. The number of nitrogens with zero attached hydrogens (tertiary/aromatic N) is 1. The highest BCUT2D eigenvalue weighted by atomic mass is 32.1. The number of thiocarbonyl (C=S) groups is 1. The summed E-state index contributed by atoms with van der Waals surface area (Å²) >= 11 is 5.46. The van der Waals surface area contributed by atoms with Crippen LogP contribution in [0.25, 0.3) is 0 Å². The van der Waals surface area contributed by atoms with Crippen molar-refractivity contribution in [2.24, 2.45) is 5.92 Å². The number of hydrogen-bond acceptors (Lipinski definition) is 2. The molecule has 116 valence electrons. The fourth-order valence-corrected chi connectivity index (χ4v) is 2.59. The van der Waals surface area contributed by atoms with Gasteiger partial charge in [-0.2, -0.15) is 0 Å². The molecule has 0 spiro atoms. The number of rotatable bonds is 5. The molecule has 1 aromatic carbocycles. The highest BCUT2D eigenvalue weighted by Gasteiger charge is 2.14. The van der Waals surface area contributed by atoms with Crippen LogP contribution in [0.2, 0.25) is 0 Å². The Morgan fingerprint density at radius 3 is 2.50 bits per heavy atom. The van der Waals surface area contributed by atoms with Gasteiger partial charge in [-0.1, -0.05) is 50.2 Å². The number of anilines is 1. The average Bonchev–Trinajstić information content (AvgIpc) is 2.49. The molecule has 0 aliphatic carbocycles. The van der Waals surface area contributed by atoms with E-state index < -0.39 is 0 Å². The fourth-order valence-electron chi connectivity index (χ4n) is 2.35. The van der Waals surface area contributed by atoms with Crippen LogP contribution in [0.5, 0.6) is 0 Å². The summed E-state index contributed by atoms with van der Waals surface area (Å²) < 4.78 is 0. The van der Waals surface area contributed by atoms with Crippen molar-refractivity contribution in [2.45, 2.75) is 33.2 Å². The molecule has 0 fully saturated rings. The van der Waals surface area contributed by atoms with Gasteiger partial charge in [0.05, 0.1) is 6.04 Å². The molecule has 0 saturated carbocycles. The zero-order valence-corrected chi connectivity index (χ0v) is 14.2. The van der Waals surface area contributed by atoms with E-state index in [1.165, 1.54) is 5.56 Å². The van der Waals surface area contributed by atoms with Gasteiger partial charge in [-0.05, 0) is 48.7 Å². The molecule has 1 atom stereocenters. The van der Waals surface area contributed by atoms with Gasteiger partial charge in [0.25, 0.3) is 0 Å². The summed E-state index contributed by atoms with van der Waals surface area (Å²) in [5.74, 6) is 1.38. The molecule has 0 unspecified atom stereocenters. The first kappa shape index (κ1) is 16.4. The van der Waals surface area contributed by atoms with Gasteiger partial charge < -0.3 is 10.6 Å². The molecule has 22 heavy (non-hydrogen) atoms. The molecule has 0 bridgehead atoms. The summed E-state index contributed by atoms with van der Waals surface area (Å²) in [4.78, 5) is 4.32. The molecular formula is C18H23N3S. The molecule has 0 aliphatic heterocycles. The van der Waals surface area contributed by atoms with E-state index in [4.69, 9.17) is 12.2 Å². The Bertz CT molecular complexity index is 611. The predicted octanol–water partition coefficient (Wildman–Crippen LogP) is 4.46. The predicted molar refractivity (Wildman–Crippen MR) is 97.0 cm³/mol. The Kier molecular flexibility index (Phi) is 5.90. The molecule has 2 aromatic rings. The number of nitrogens with one attached hydrogen (secondary N) is 2. The molecule has 0 amide bonds. The van der Waals surface area contributed by atoms with Crippen molar-refractivity contribution in [3.8, 4) is 0 Å². The van der Waals surface area contributed by atoms with Crippen LogP contribution in [0.15, 0.2) is 48.7 Å². The fraction of sp³-hybridized carbons (Fsp3) is 0.333. The average molecular weight is 313 g/mol. The topological polar surface area (TPSA) is 37.0 Å². The molecule has 0 saturated heterocycles. The normalized spacial score (nSPS) is 12.0. The monoisotopic (exact) mass is 313 g/mol. The number of hydrogen-bond donors (Lipinski definition) is 2. The van der Waals surface area contributed by atoms with Gasteiger partial charge >= 0.3 is 0 Å². The first-order chi connectivity index (χ1) is 10.6. The molecule has 0 radical (unpaired) electrons. The van der Waals surface area contributed by atoms with Crippen molar-refractivity contribution in [2.75, 3.05) is 5.32 Å². The Morgan fingerprint density at radius 2 is 1.86 bits per heavy atom. The van der Waals surface area contributed by atoms with Gasteiger partial charge in [-0.15, -0.1) is 0 Å². The summed E-state index contributed by atoms with van der Waals surface area (Å²) in [5.41, 5.74) is 2.32. The maximum atomic E-state index is 5.46. The van der Waals surface area contributed by atoms with Gasteiger partial charge in [-0.3, -0.25) is 0 Å². The standard InChI is InChI=1S/C18H23N3S/c1-13(2)12-16(15-9-5-4-6-10-15)20-18(22)21-17-14(3)8-7-11-19-17/h4-11,13,16H,12H2,1-3H3,(H2,19,20,21,22)/t16-/m1/s1. The second kappa shape index (κ2) is 7.90. The van der Waals surface area contributed by atoms with Crippen molar-refractivity contribution in [3.05, 3.63) is 59.8 Å². The minimum atomic E-state index is 0.199. The van der Waals surface area contributed by atoms with E-state index in [0.717, 1.165) is 17.8 Å². The maximum absolute atomic E-state index is 5.46. The van der Waals surface area contributed by atoms with Crippen molar-refractivity contribution in [1.82, 2.24) is 10.3 Å². The number of benzene rings is 1. The summed E-state index contributed by atoms with van der Waals surface area (Å²) in [6, 6.07) is 14.6. The van der Waals surface area contributed by atoms with Crippen LogP contribution in [-0.2, 0) is 0 Å². The third kappa shape index (κ3) is 4.81. The first-order valence-electron chi connectivity index (χ1n) is 7.60. The highest BCUT2D eigenvalue weighted by molar-refractivity contribution is 7.80. The molecule has 3 nitrogen and oxygen atoms in total. The summed E-state index contributed by atoms with van der Waals surface area (Å²) in [6.45, 7) is 6.45. The SMILES string of the molecule is Cc1cccnc1NC(=S)N[C@H](CC(C)C)c1ccccc1. The lowest BCUT2D eigenvalue weighted by Gasteiger charge is -2.23. The number of pyridine rings is 1. The molecule has 0 aliphatic rings. The minimum absolute atomic E-state index is 0.199. The van der Waals surface area contributed by atoms with Gasteiger partial charge in [0.1, 0.15) is 5.82 Å². The summed E-state index contributed by atoms with van der Waals surface area (Å²) in [6.07, 6.45) is 2.79. The van der Waals surface area contributed by atoms with Crippen LogP contribution in [-0.4, -0.2) is 10.1 Å². The van der Waals surface area contributed by atoms with Gasteiger partial charge in [0.2, 0.25) is 0 Å². The van der Waals surface area contributed by atoms with E-state index in [2.05, 4.69) is 53.7 Å². The lowest BCUT2D eigenvalue weighted by molar-refractivity contribution is 0.481. The summed E-state index contributed by atoms with van der Waals surface area (Å²) in [5, 5.41) is 7.22. The highest BCUT2D eigenvalue weighted by Crippen LogP contribution is 2.21. The smallest absolute Gasteiger partial charge is 0.172 e. The minimum Gasteiger partial charge on any atom is -0.356 e. The van der Waals surface area contributed by atoms with E-state index in [9.17, 15) is 0 Å². The van der Waals surface area contributed by atoms with Crippen LogP contribution in [0.3, 0.4) is 0 Å². The Hall–Kier alpha value is -1.94. The molecule has 4 heteroatoms. The van der Waals surface area contributed by atoms with Crippen molar-refractivity contribution in [3.63, 3.8) is 0 Å². The van der Waals surface area contributed by atoms with Crippen molar-refractivity contribution < 1.29 is 0 Å². The van der Waals surface area contributed by atoms with Crippen molar-refractivity contribution >= 4 is 23.1 Å². The van der Waals surface area contributed by atoms with E-state index in [0.29, 0.717) is 11.0 Å². The maximum Gasteiger partial charge on any atom is 0.172 e.